The van der Waals surface area contributed by atoms with E-state index in [0.717, 1.165) is 55.6 Å². The van der Waals surface area contributed by atoms with Crippen LogP contribution in [0.5, 0.6) is 0 Å². The van der Waals surface area contributed by atoms with Gasteiger partial charge < -0.3 is 9.73 Å². The molecule has 0 bridgehead atoms. The average Bonchev–Trinajstić information content (AvgIpc) is 3.60. The maximum atomic E-state index is 6.68. The van der Waals surface area contributed by atoms with E-state index in [2.05, 4.69) is 151 Å². The summed E-state index contributed by atoms with van der Waals surface area (Å²) < 4.78 is 6.68. The van der Waals surface area contributed by atoms with Crippen LogP contribution >= 0.6 is 0 Å². The number of nitrogens with zero attached hydrogens (tertiary/aromatic N) is 2. The number of amidine groups is 2. The van der Waals surface area contributed by atoms with E-state index in [1.54, 1.807) is 0 Å². The number of para-hydroxylation sites is 1. The third-order valence-corrected chi connectivity index (χ3v) is 9.90. The van der Waals surface area contributed by atoms with E-state index in [4.69, 9.17) is 14.4 Å². The van der Waals surface area contributed by atoms with Crippen LogP contribution in [-0.4, -0.2) is 11.7 Å². The highest BCUT2D eigenvalue weighted by Crippen LogP contribution is 2.39. The van der Waals surface area contributed by atoms with Gasteiger partial charge in [-0.3, -0.25) is 0 Å². The van der Waals surface area contributed by atoms with Crippen LogP contribution in [0.25, 0.3) is 65.7 Å². The molecule has 51 heavy (non-hydrogen) atoms. The predicted octanol–water partition coefficient (Wildman–Crippen LogP) is 11.7. The molecule has 1 aliphatic rings. The Morgan fingerprint density at radius 1 is 0.471 bits per heavy atom. The van der Waals surface area contributed by atoms with Gasteiger partial charge in [0.1, 0.15) is 23.2 Å². The van der Waals surface area contributed by atoms with Crippen molar-refractivity contribution in [2.75, 3.05) is 0 Å². The molecule has 1 aliphatic heterocycles. The van der Waals surface area contributed by atoms with Gasteiger partial charge >= 0.3 is 0 Å². The minimum Gasteiger partial charge on any atom is -0.455 e. The smallest absolute Gasteiger partial charge is 0.159 e. The summed E-state index contributed by atoms with van der Waals surface area (Å²) in [6.45, 7) is 0. The molecule has 10 rings (SSSR count). The fourth-order valence-electron chi connectivity index (χ4n) is 7.35. The molecule has 4 heteroatoms. The first-order valence-electron chi connectivity index (χ1n) is 17.3. The molecular weight excluding hydrogens is 623 g/mol. The molecule has 0 amide bonds. The lowest BCUT2D eigenvalue weighted by Gasteiger charge is -2.24. The zero-order chi connectivity index (χ0) is 33.7. The van der Waals surface area contributed by atoms with E-state index in [0.29, 0.717) is 5.84 Å². The van der Waals surface area contributed by atoms with Crippen molar-refractivity contribution in [1.82, 2.24) is 5.32 Å². The molecule has 240 valence electrons. The van der Waals surface area contributed by atoms with Gasteiger partial charge in [-0.1, -0.05) is 152 Å². The minimum absolute atomic E-state index is 0.340. The topological polar surface area (TPSA) is 49.9 Å². The molecule has 2 heterocycles. The van der Waals surface area contributed by atoms with E-state index in [1.165, 1.54) is 32.7 Å². The second kappa shape index (κ2) is 12.0. The van der Waals surface area contributed by atoms with Crippen molar-refractivity contribution in [3.8, 4) is 22.3 Å². The van der Waals surface area contributed by atoms with Gasteiger partial charge in [0.05, 0.1) is 0 Å². The van der Waals surface area contributed by atoms with Gasteiger partial charge in [-0.2, -0.15) is 0 Å². The molecule has 1 unspecified atom stereocenters. The summed E-state index contributed by atoms with van der Waals surface area (Å²) in [4.78, 5) is 10.3. The first-order valence-corrected chi connectivity index (χ1v) is 17.3. The van der Waals surface area contributed by atoms with Gasteiger partial charge in [0.2, 0.25) is 0 Å². The molecule has 9 aromatic rings. The van der Waals surface area contributed by atoms with Gasteiger partial charge in [-0.25, -0.2) is 9.98 Å². The highest BCUT2D eigenvalue weighted by Gasteiger charge is 2.24. The summed E-state index contributed by atoms with van der Waals surface area (Å²) in [7, 11) is 0. The second-order valence-corrected chi connectivity index (χ2v) is 13.0. The maximum Gasteiger partial charge on any atom is 0.159 e. The normalized spacial score (nSPS) is 14.5. The standard InChI is InChI=1S/C47H31N3O/c1-3-11-30(12-4-1)34-22-23-36-29-38(26-24-35(36)27-34)46-48-45(32-14-5-2-6-15-32)49-47(50-46)41-19-10-20-42-43(41)40-18-9-17-39(44(40)51-42)37-25-21-31-13-7-8-16-33(31)28-37/h1-29,46H,(H,48,49,50). The van der Waals surface area contributed by atoms with Crippen molar-refractivity contribution in [2.24, 2.45) is 9.98 Å². The third kappa shape index (κ3) is 5.17. The monoisotopic (exact) mass is 653 g/mol. The molecule has 0 spiro atoms. The van der Waals surface area contributed by atoms with Crippen LogP contribution in [-0.2, 0) is 0 Å². The largest absolute Gasteiger partial charge is 0.455 e. The Labute approximate surface area is 295 Å². The van der Waals surface area contributed by atoms with Gasteiger partial charge in [-0.15, -0.1) is 0 Å². The predicted molar refractivity (Wildman–Crippen MR) is 211 cm³/mol. The summed E-state index contributed by atoms with van der Waals surface area (Å²) in [5.74, 6) is 1.45. The Bertz CT molecular complexity index is 2830. The van der Waals surface area contributed by atoms with Gasteiger partial charge in [0.25, 0.3) is 0 Å². The summed E-state index contributed by atoms with van der Waals surface area (Å²) in [6.07, 6.45) is -0.340. The molecule has 8 aromatic carbocycles. The third-order valence-electron chi connectivity index (χ3n) is 9.90. The number of hydrogen-bond acceptors (Lipinski definition) is 4. The number of furan rings is 1. The van der Waals surface area contributed by atoms with Crippen LogP contribution < -0.4 is 5.32 Å². The molecule has 0 aliphatic carbocycles. The molecule has 0 fully saturated rings. The Hall–Kier alpha value is -6.78. The fourth-order valence-corrected chi connectivity index (χ4v) is 7.35. The summed E-state index contributed by atoms with van der Waals surface area (Å²) in [5.41, 5.74) is 9.30. The van der Waals surface area contributed by atoms with Crippen LogP contribution in [0, 0.1) is 0 Å². The summed E-state index contributed by atoms with van der Waals surface area (Å²) in [6, 6.07) is 61.7. The lowest BCUT2D eigenvalue weighted by molar-refractivity contribution is 0.669. The number of rotatable bonds is 5. The van der Waals surface area contributed by atoms with E-state index >= 15 is 0 Å². The highest BCUT2D eigenvalue weighted by molar-refractivity contribution is 6.22. The van der Waals surface area contributed by atoms with Crippen LogP contribution in [0.15, 0.2) is 190 Å². The quantitative estimate of drug-likeness (QED) is 0.201. The van der Waals surface area contributed by atoms with Gasteiger partial charge in [0.15, 0.2) is 5.84 Å². The maximum absolute atomic E-state index is 6.68. The van der Waals surface area contributed by atoms with E-state index in [1.807, 2.05) is 30.3 Å². The Balaban J connectivity index is 1.09. The van der Waals surface area contributed by atoms with Gasteiger partial charge in [0, 0.05) is 27.5 Å². The molecule has 1 atom stereocenters. The number of fused-ring (bicyclic) bond motifs is 5. The molecule has 1 aromatic heterocycles. The number of hydrogen-bond donors (Lipinski definition) is 1. The lowest BCUT2D eigenvalue weighted by Crippen LogP contribution is -2.33. The molecule has 0 saturated heterocycles. The number of benzene rings is 8. The summed E-state index contributed by atoms with van der Waals surface area (Å²) in [5, 5.41) is 10.6. The Morgan fingerprint density at radius 3 is 1.98 bits per heavy atom. The van der Waals surface area contributed by atoms with Crippen LogP contribution in [0.1, 0.15) is 22.9 Å². The van der Waals surface area contributed by atoms with Crippen molar-refractivity contribution in [2.45, 2.75) is 6.17 Å². The lowest BCUT2D eigenvalue weighted by atomic mass is 9.98. The molecule has 0 saturated carbocycles. The Morgan fingerprint density at radius 2 is 1.12 bits per heavy atom. The minimum atomic E-state index is -0.340. The van der Waals surface area contributed by atoms with E-state index in [-0.39, 0.29) is 6.17 Å². The van der Waals surface area contributed by atoms with E-state index in [9.17, 15) is 0 Å². The zero-order valence-corrected chi connectivity index (χ0v) is 27.6. The van der Waals surface area contributed by atoms with Crippen LogP contribution in [0.3, 0.4) is 0 Å². The number of nitrogens with one attached hydrogen (secondary N) is 1. The molecule has 1 N–H and O–H groups in total. The molecular formula is C47H31N3O. The second-order valence-electron chi connectivity index (χ2n) is 13.0. The van der Waals surface area contributed by atoms with Crippen molar-refractivity contribution in [3.63, 3.8) is 0 Å². The fraction of sp³-hybridized carbons (Fsp3) is 0.0213. The van der Waals surface area contributed by atoms with Gasteiger partial charge in [-0.05, 0) is 68.1 Å². The SMILES string of the molecule is c1ccc(C2=NC(c3ccc4cc(-c5ccccc5)ccc4c3)NC(c3cccc4oc5c(-c6ccc7ccccc7c6)cccc5c34)=N2)cc1. The first kappa shape index (κ1) is 29.2. The van der Waals surface area contributed by atoms with Crippen LogP contribution in [0.2, 0.25) is 0 Å². The molecule has 0 radical (unpaired) electrons. The van der Waals surface area contributed by atoms with Crippen molar-refractivity contribution in [3.05, 3.63) is 193 Å². The average molecular weight is 654 g/mol. The summed E-state index contributed by atoms with van der Waals surface area (Å²) >= 11 is 0. The zero-order valence-electron chi connectivity index (χ0n) is 27.6. The van der Waals surface area contributed by atoms with Crippen molar-refractivity contribution < 1.29 is 4.42 Å². The van der Waals surface area contributed by atoms with E-state index < -0.39 is 0 Å². The highest BCUT2D eigenvalue weighted by atomic mass is 16.3. The van der Waals surface area contributed by atoms with Crippen molar-refractivity contribution >= 4 is 55.2 Å². The van der Waals surface area contributed by atoms with Crippen LogP contribution in [0.4, 0.5) is 0 Å². The molecule has 4 nitrogen and oxygen atoms in total. The number of aliphatic imine (C=N–C) groups is 2. The first-order chi connectivity index (χ1) is 25.2. The van der Waals surface area contributed by atoms with Crippen molar-refractivity contribution in [1.29, 1.82) is 0 Å². The Kier molecular flexibility index (Phi) is 6.85.